The molecule has 0 aliphatic rings. The summed E-state index contributed by atoms with van der Waals surface area (Å²) in [6.07, 6.45) is 7.75. The summed E-state index contributed by atoms with van der Waals surface area (Å²) in [4.78, 5) is 13.8. The number of amides is 1. The molecule has 0 aliphatic heterocycles. The van der Waals surface area contributed by atoms with Crippen LogP contribution in [0.2, 0.25) is 0 Å². The van der Waals surface area contributed by atoms with Crippen molar-refractivity contribution in [2.45, 2.75) is 46.0 Å². The van der Waals surface area contributed by atoms with Crippen LogP contribution in [0.4, 0.5) is 5.69 Å². The van der Waals surface area contributed by atoms with Gasteiger partial charge in [0, 0.05) is 18.8 Å². The maximum Gasteiger partial charge on any atom is 0.250 e. The van der Waals surface area contributed by atoms with E-state index in [4.69, 9.17) is 0 Å². The Labute approximate surface area is 117 Å². The minimum atomic E-state index is 0.0548. The van der Waals surface area contributed by atoms with Crippen LogP contribution in [0, 0.1) is 0 Å². The van der Waals surface area contributed by atoms with Crippen molar-refractivity contribution < 1.29 is 4.79 Å². The van der Waals surface area contributed by atoms with E-state index in [1.54, 1.807) is 11.0 Å². The number of hydrogen-bond donors (Lipinski definition) is 0. The fraction of sp³-hybridized carbons (Fsp3) is 0.471. The average Bonchev–Trinajstić information content (AvgIpc) is 2.43. The van der Waals surface area contributed by atoms with Gasteiger partial charge in [0.2, 0.25) is 0 Å². The lowest BCUT2D eigenvalue weighted by molar-refractivity contribution is -0.113. The lowest BCUT2D eigenvalue weighted by atomic mass is 10.1. The fourth-order valence-corrected chi connectivity index (χ4v) is 1.99. The number of carbonyl (C=O) groups excluding carboxylic acids is 1. The van der Waals surface area contributed by atoms with Crippen LogP contribution in [0.3, 0.4) is 0 Å². The number of benzene rings is 1. The van der Waals surface area contributed by atoms with Gasteiger partial charge in [-0.05, 0) is 31.9 Å². The molecule has 1 rings (SSSR count). The molecule has 0 fully saturated rings. The highest BCUT2D eigenvalue weighted by atomic mass is 16.2. The van der Waals surface area contributed by atoms with Crippen molar-refractivity contribution in [3.63, 3.8) is 0 Å². The van der Waals surface area contributed by atoms with Gasteiger partial charge in [0.15, 0.2) is 0 Å². The standard InChI is InChI=1S/C17H25NO/c1-4-5-6-8-11-15(2)14-17(19)18(3)16-12-9-7-10-13-16/h7,9-10,12-14H,4-6,8,11H2,1-3H3/b15-14+. The third kappa shape index (κ3) is 5.73. The van der Waals surface area contributed by atoms with E-state index < -0.39 is 0 Å². The lowest BCUT2D eigenvalue weighted by Crippen LogP contribution is -2.24. The molecule has 19 heavy (non-hydrogen) atoms. The normalized spacial score (nSPS) is 11.4. The Morgan fingerprint density at radius 2 is 1.84 bits per heavy atom. The lowest BCUT2D eigenvalue weighted by Gasteiger charge is -2.15. The summed E-state index contributed by atoms with van der Waals surface area (Å²) < 4.78 is 0. The molecule has 104 valence electrons. The Balaban J connectivity index is 2.48. The van der Waals surface area contributed by atoms with Gasteiger partial charge >= 0.3 is 0 Å². The second-order valence-corrected chi connectivity index (χ2v) is 5.03. The second-order valence-electron chi connectivity index (χ2n) is 5.03. The fourth-order valence-electron chi connectivity index (χ4n) is 1.99. The van der Waals surface area contributed by atoms with Crippen molar-refractivity contribution >= 4 is 11.6 Å². The van der Waals surface area contributed by atoms with Gasteiger partial charge in [0.25, 0.3) is 5.91 Å². The van der Waals surface area contributed by atoms with Gasteiger partial charge in [-0.3, -0.25) is 4.79 Å². The molecule has 0 unspecified atom stereocenters. The Hall–Kier alpha value is -1.57. The summed E-state index contributed by atoms with van der Waals surface area (Å²) in [5, 5.41) is 0. The van der Waals surface area contributed by atoms with Crippen LogP contribution in [-0.2, 0) is 4.79 Å². The number of allylic oxidation sites excluding steroid dienone is 1. The predicted molar refractivity (Wildman–Crippen MR) is 82.4 cm³/mol. The highest BCUT2D eigenvalue weighted by molar-refractivity contribution is 6.01. The highest BCUT2D eigenvalue weighted by Gasteiger charge is 2.07. The summed E-state index contributed by atoms with van der Waals surface area (Å²) in [7, 11) is 1.82. The molecule has 1 aromatic rings. The van der Waals surface area contributed by atoms with E-state index in [1.165, 1.54) is 31.3 Å². The monoisotopic (exact) mass is 259 g/mol. The van der Waals surface area contributed by atoms with Gasteiger partial charge in [-0.15, -0.1) is 0 Å². The number of para-hydroxylation sites is 1. The molecule has 0 N–H and O–H groups in total. The molecular formula is C17H25NO. The van der Waals surface area contributed by atoms with E-state index in [2.05, 4.69) is 6.92 Å². The summed E-state index contributed by atoms with van der Waals surface area (Å²) in [5.74, 6) is 0.0548. The number of anilines is 1. The van der Waals surface area contributed by atoms with Gasteiger partial charge in [-0.25, -0.2) is 0 Å². The van der Waals surface area contributed by atoms with E-state index in [9.17, 15) is 4.79 Å². The molecule has 2 nitrogen and oxygen atoms in total. The molecule has 0 bridgehead atoms. The minimum absolute atomic E-state index is 0.0548. The molecule has 0 spiro atoms. The second kappa shape index (κ2) is 8.52. The molecule has 0 radical (unpaired) electrons. The topological polar surface area (TPSA) is 20.3 Å². The van der Waals surface area contributed by atoms with Crippen LogP contribution in [0.25, 0.3) is 0 Å². The predicted octanol–water partition coefficient (Wildman–Crippen LogP) is 4.57. The summed E-state index contributed by atoms with van der Waals surface area (Å²) in [5.41, 5.74) is 2.10. The smallest absolute Gasteiger partial charge is 0.250 e. The molecule has 2 heteroatoms. The van der Waals surface area contributed by atoms with Gasteiger partial charge in [0.05, 0.1) is 0 Å². The Kier molecular flexibility index (Phi) is 6.94. The largest absolute Gasteiger partial charge is 0.312 e. The molecule has 0 saturated carbocycles. The first-order chi connectivity index (χ1) is 9.15. The minimum Gasteiger partial charge on any atom is -0.312 e. The van der Waals surface area contributed by atoms with Crippen LogP contribution < -0.4 is 4.90 Å². The molecule has 1 aromatic carbocycles. The number of carbonyl (C=O) groups is 1. The van der Waals surface area contributed by atoms with Gasteiger partial charge < -0.3 is 4.90 Å². The van der Waals surface area contributed by atoms with Crippen molar-refractivity contribution in [3.05, 3.63) is 42.0 Å². The van der Waals surface area contributed by atoms with Crippen molar-refractivity contribution in [1.82, 2.24) is 0 Å². The quantitative estimate of drug-likeness (QED) is 0.519. The molecule has 0 aromatic heterocycles. The SMILES string of the molecule is CCCCCC/C(C)=C/C(=O)N(C)c1ccccc1. The van der Waals surface area contributed by atoms with Crippen molar-refractivity contribution in [2.75, 3.05) is 11.9 Å². The van der Waals surface area contributed by atoms with Gasteiger partial charge in [-0.2, -0.15) is 0 Å². The van der Waals surface area contributed by atoms with Crippen LogP contribution in [0.15, 0.2) is 42.0 Å². The van der Waals surface area contributed by atoms with Crippen molar-refractivity contribution in [1.29, 1.82) is 0 Å². The Bertz CT molecular complexity index is 409. The first kappa shape index (κ1) is 15.5. The Morgan fingerprint density at radius 1 is 1.16 bits per heavy atom. The average molecular weight is 259 g/mol. The van der Waals surface area contributed by atoms with Crippen LogP contribution in [-0.4, -0.2) is 13.0 Å². The first-order valence-electron chi connectivity index (χ1n) is 7.15. The van der Waals surface area contributed by atoms with E-state index in [0.717, 1.165) is 12.1 Å². The Morgan fingerprint density at radius 3 is 2.47 bits per heavy atom. The van der Waals surface area contributed by atoms with E-state index in [1.807, 2.05) is 44.3 Å². The summed E-state index contributed by atoms with van der Waals surface area (Å²) in [6.45, 7) is 4.25. The van der Waals surface area contributed by atoms with Crippen LogP contribution >= 0.6 is 0 Å². The number of nitrogens with zero attached hydrogens (tertiary/aromatic N) is 1. The number of unbranched alkanes of at least 4 members (excludes halogenated alkanes) is 3. The number of hydrogen-bond acceptors (Lipinski definition) is 1. The molecule has 0 aliphatic carbocycles. The molecule has 0 heterocycles. The molecular weight excluding hydrogens is 234 g/mol. The van der Waals surface area contributed by atoms with Crippen LogP contribution in [0.1, 0.15) is 46.0 Å². The van der Waals surface area contributed by atoms with Gasteiger partial charge in [-0.1, -0.05) is 50.0 Å². The first-order valence-corrected chi connectivity index (χ1v) is 7.15. The zero-order valence-electron chi connectivity index (χ0n) is 12.4. The summed E-state index contributed by atoms with van der Waals surface area (Å²) >= 11 is 0. The van der Waals surface area contributed by atoms with Crippen LogP contribution in [0.5, 0.6) is 0 Å². The number of likely N-dealkylation sites (N-methyl/N-ethyl adjacent to an activating group) is 1. The third-order valence-corrected chi connectivity index (χ3v) is 3.27. The molecule has 0 atom stereocenters. The maximum absolute atomic E-state index is 12.1. The maximum atomic E-state index is 12.1. The molecule has 1 amide bonds. The molecule has 0 saturated heterocycles. The van der Waals surface area contributed by atoms with E-state index in [-0.39, 0.29) is 5.91 Å². The van der Waals surface area contributed by atoms with Crippen molar-refractivity contribution in [2.24, 2.45) is 0 Å². The summed E-state index contributed by atoms with van der Waals surface area (Å²) in [6, 6.07) is 9.74. The third-order valence-electron chi connectivity index (χ3n) is 3.27. The number of rotatable bonds is 7. The zero-order chi connectivity index (χ0) is 14.1. The van der Waals surface area contributed by atoms with E-state index >= 15 is 0 Å². The van der Waals surface area contributed by atoms with Gasteiger partial charge in [0.1, 0.15) is 0 Å². The van der Waals surface area contributed by atoms with E-state index in [0.29, 0.717) is 0 Å². The highest BCUT2D eigenvalue weighted by Crippen LogP contribution is 2.14. The van der Waals surface area contributed by atoms with Crippen molar-refractivity contribution in [3.8, 4) is 0 Å². The zero-order valence-corrected chi connectivity index (χ0v) is 12.4.